The quantitative estimate of drug-likeness (QED) is 0.112. The average Bonchev–Trinajstić information content (AvgIpc) is 3.04. The van der Waals surface area contributed by atoms with Gasteiger partial charge < -0.3 is 19.9 Å². The number of carbonyl (C=O) groups is 1. The number of anilines is 2. The number of hydrogen-bond donors (Lipinski definition) is 3. The van der Waals surface area contributed by atoms with Crippen LogP contribution in [0.15, 0.2) is 111 Å². The number of sulfonamides is 1. The standard InChI is InChI=1S/C32H28N4O9S2.Na/c1-19-12-13-21(17-29(19)46(39,40)36-26-18-22(47(41,42)43)14-15-28(26)45-3)34-35-30-23-9-5-4-8-20(23)16-24(31(30)37)32(38)33-25-10-6-7-11-27(25)44-2;/h4-18,36-37H,1-3H3,(H,33,38)(H,41,42,43);/q;+1/p-1. The van der Waals surface area contributed by atoms with Gasteiger partial charge in [-0.1, -0.05) is 48.2 Å². The van der Waals surface area contributed by atoms with Gasteiger partial charge in [0.2, 0.25) is 0 Å². The number of methoxy groups -OCH3 is 2. The number of ether oxygens (including phenoxy) is 2. The summed E-state index contributed by atoms with van der Waals surface area (Å²) in [5.74, 6) is -0.991. The van der Waals surface area contributed by atoms with Gasteiger partial charge in [-0.25, -0.2) is 8.42 Å². The number of amides is 1. The van der Waals surface area contributed by atoms with Crippen molar-refractivity contribution in [1.82, 2.24) is 0 Å². The molecule has 0 aliphatic heterocycles. The van der Waals surface area contributed by atoms with Crippen LogP contribution in [0.3, 0.4) is 0 Å². The Morgan fingerprint density at radius 1 is 0.812 bits per heavy atom. The van der Waals surface area contributed by atoms with Gasteiger partial charge in [0, 0.05) is 10.9 Å². The number of fused-ring (bicyclic) bond motifs is 1. The van der Waals surface area contributed by atoms with Crippen molar-refractivity contribution in [2.45, 2.75) is 16.7 Å². The smallest absolute Gasteiger partial charge is 0.870 e. The van der Waals surface area contributed by atoms with Crippen LogP contribution in [0.1, 0.15) is 15.9 Å². The second-order valence-corrected chi connectivity index (χ2v) is 13.1. The summed E-state index contributed by atoms with van der Waals surface area (Å²) in [5, 5.41) is 25.6. The first-order valence-corrected chi connectivity index (χ1v) is 16.6. The first kappa shape index (κ1) is 36.3. The number of azo groups is 1. The van der Waals surface area contributed by atoms with Gasteiger partial charge in [-0.3, -0.25) is 14.1 Å². The summed E-state index contributed by atoms with van der Waals surface area (Å²) in [6, 6.07) is 22.3. The predicted molar refractivity (Wildman–Crippen MR) is 173 cm³/mol. The van der Waals surface area contributed by atoms with Gasteiger partial charge in [-0.05, 0) is 66.4 Å². The fourth-order valence-corrected chi connectivity index (χ4v) is 6.52. The number of carbonyl (C=O) groups excluding carboxylic acids is 1. The van der Waals surface area contributed by atoms with E-state index in [4.69, 9.17) is 9.47 Å². The zero-order valence-electron chi connectivity index (χ0n) is 26.1. The van der Waals surface area contributed by atoms with Crippen molar-refractivity contribution in [3.8, 4) is 17.2 Å². The van der Waals surface area contributed by atoms with Crippen molar-refractivity contribution >= 4 is 59.6 Å². The van der Waals surface area contributed by atoms with Crippen LogP contribution in [0.2, 0.25) is 0 Å². The van der Waals surface area contributed by atoms with Crippen LogP contribution < -0.4 is 54.2 Å². The molecule has 1 amide bonds. The first-order chi connectivity index (χ1) is 22.3. The van der Waals surface area contributed by atoms with Crippen molar-refractivity contribution in [1.29, 1.82) is 0 Å². The number of para-hydroxylation sites is 2. The van der Waals surface area contributed by atoms with Gasteiger partial charge in [-0.2, -0.15) is 18.6 Å². The van der Waals surface area contributed by atoms with E-state index in [0.29, 0.717) is 27.8 Å². The molecule has 5 rings (SSSR count). The van der Waals surface area contributed by atoms with Crippen LogP contribution in [0.5, 0.6) is 17.2 Å². The SMILES string of the molecule is COc1ccccc1NC(=O)c1cc2ccccc2c(N=Nc2ccc(C)c(S(=O)(=O)Nc3cc(S(=O)(=O)O)ccc3OC)c2)c1[O-].[Na+]. The van der Waals surface area contributed by atoms with E-state index in [0.717, 1.165) is 12.1 Å². The molecule has 13 nitrogen and oxygen atoms in total. The molecule has 242 valence electrons. The third-order valence-corrected chi connectivity index (χ3v) is 9.37. The van der Waals surface area contributed by atoms with Gasteiger partial charge in [0.15, 0.2) is 0 Å². The maximum absolute atomic E-state index is 13.6. The van der Waals surface area contributed by atoms with Crippen molar-refractivity contribution in [2.24, 2.45) is 10.2 Å². The summed E-state index contributed by atoms with van der Waals surface area (Å²) < 4.78 is 72.4. The molecule has 48 heavy (non-hydrogen) atoms. The molecule has 5 aromatic rings. The van der Waals surface area contributed by atoms with E-state index in [1.165, 1.54) is 51.5 Å². The normalized spacial score (nSPS) is 11.6. The minimum absolute atomic E-state index is 0. The Kier molecular flexibility index (Phi) is 11.1. The van der Waals surface area contributed by atoms with Crippen molar-refractivity contribution in [3.05, 3.63) is 102 Å². The van der Waals surface area contributed by atoms with Crippen molar-refractivity contribution < 1.29 is 70.3 Å². The van der Waals surface area contributed by atoms with E-state index in [9.17, 15) is 31.3 Å². The second-order valence-electron chi connectivity index (χ2n) is 10.1. The molecule has 0 radical (unpaired) electrons. The predicted octanol–water partition coefficient (Wildman–Crippen LogP) is 2.96. The molecule has 0 heterocycles. The summed E-state index contributed by atoms with van der Waals surface area (Å²) in [5.41, 5.74) is 0.164. The largest absolute Gasteiger partial charge is 1.00 e. The van der Waals surface area contributed by atoms with Crippen LogP contribution >= 0.6 is 0 Å². The molecule has 0 saturated heterocycles. The van der Waals surface area contributed by atoms with E-state index < -0.39 is 36.7 Å². The zero-order valence-corrected chi connectivity index (χ0v) is 29.7. The zero-order chi connectivity index (χ0) is 33.9. The Balaban J connectivity index is 0.00000520. The fourth-order valence-electron chi connectivity index (χ4n) is 4.69. The second kappa shape index (κ2) is 14.7. The average molecular weight is 699 g/mol. The fraction of sp³-hybridized carbons (Fsp3) is 0.0938. The minimum atomic E-state index is -4.64. The Bertz CT molecular complexity index is 2280. The molecule has 0 atom stereocenters. The molecule has 0 aliphatic rings. The van der Waals surface area contributed by atoms with Gasteiger partial charge in [0.1, 0.15) is 11.5 Å². The summed E-state index contributed by atoms with van der Waals surface area (Å²) >= 11 is 0. The van der Waals surface area contributed by atoms with Crippen LogP contribution in [-0.2, 0) is 20.1 Å². The molecular weight excluding hydrogens is 671 g/mol. The van der Waals surface area contributed by atoms with E-state index in [2.05, 4.69) is 20.3 Å². The summed E-state index contributed by atoms with van der Waals surface area (Å²) in [6.07, 6.45) is 0. The molecule has 0 aliphatic carbocycles. The maximum atomic E-state index is 13.6. The number of hydrogen-bond acceptors (Lipinski definition) is 10. The molecule has 16 heteroatoms. The van der Waals surface area contributed by atoms with Crippen LogP contribution in [0, 0.1) is 6.92 Å². The number of nitrogens with one attached hydrogen (secondary N) is 2. The molecule has 0 saturated carbocycles. The molecule has 5 aromatic carbocycles. The summed E-state index contributed by atoms with van der Waals surface area (Å²) in [4.78, 5) is 12.5. The summed E-state index contributed by atoms with van der Waals surface area (Å²) in [7, 11) is -6.30. The first-order valence-electron chi connectivity index (χ1n) is 13.7. The van der Waals surface area contributed by atoms with Gasteiger partial charge >= 0.3 is 29.6 Å². The van der Waals surface area contributed by atoms with Crippen molar-refractivity contribution in [2.75, 3.05) is 24.3 Å². The van der Waals surface area contributed by atoms with E-state index in [-0.39, 0.29) is 62.8 Å². The molecule has 0 bridgehead atoms. The molecule has 0 unspecified atom stereocenters. The Morgan fingerprint density at radius 3 is 2.19 bits per heavy atom. The minimum Gasteiger partial charge on any atom is -0.870 e. The van der Waals surface area contributed by atoms with Crippen LogP contribution in [0.25, 0.3) is 10.8 Å². The third-order valence-electron chi connectivity index (χ3n) is 7.02. The molecule has 0 aromatic heterocycles. The number of aryl methyl sites for hydroxylation is 1. The molecule has 0 spiro atoms. The van der Waals surface area contributed by atoms with Crippen LogP contribution in [-0.4, -0.2) is 41.5 Å². The monoisotopic (exact) mass is 698 g/mol. The Morgan fingerprint density at radius 2 is 1.48 bits per heavy atom. The Labute approximate surface area is 298 Å². The van der Waals surface area contributed by atoms with Gasteiger partial charge in [-0.15, -0.1) is 0 Å². The van der Waals surface area contributed by atoms with E-state index in [1.54, 1.807) is 48.5 Å². The van der Waals surface area contributed by atoms with Gasteiger partial charge in [0.25, 0.3) is 26.0 Å². The van der Waals surface area contributed by atoms with E-state index in [1.807, 2.05) is 0 Å². The molecule has 3 N–H and O–H groups in total. The van der Waals surface area contributed by atoms with E-state index >= 15 is 0 Å². The number of rotatable bonds is 10. The van der Waals surface area contributed by atoms with Gasteiger partial charge in [0.05, 0.1) is 46.8 Å². The number of benzene rings is 5. The van der Waals surface area contributed by atoms with Crippen LogP contribution in [0.4, 0.5) is 22.7 Å². The van der Waals surface area contributed by atoms with Crippen molar-refractivity contribution in [3.63, 3.8) is 0 Å². The molecular formula is C32H27N4NaO9S2. The Hall–Kier alpha value is -4.51. The topological polar surface area (TPSA) is 196 Å². The number of nitrogens with zero attached hydrogens (tertiary/aromatic N) is 2. The summed E-state index contributed by atoms with van der Waals surface area (Å²) in [6.45, 7) is 1.54. The maximum Gasteiger partial charge on any atom is 1.00 e. The molecule has 0 fully saturated rings. The third kappa shape index (κ3) is 7.78.